The zero-order valence-corrected chi connectivity index (χ0v) is 8.75. The molecule has 0 fully saturated rings. The molecule has 3 nitrogen and oxygen atoms in total. The van der Waals surface area contributed by atoms with Gasteiger partial charge >= 0.3 is 0 Å². The molecule has 16 heavy (non-hydrogen) atoms. The molecule has 1 aliphatic rings. The molecule has 2 rings (SSSR count). The number of para-hydroxylation sites is 1. The van der Waals surface area contributed by atoms with Gasteiger partial charge in [0.2, 0.25) is 0 Å². The Morgan fingerprint density at radius 1 is 1.50 bits per heavy atom. The molecule has 1 aromatic carbocycles. The molecular weight excluding hydrogens is 209 g/mol. The van der Waals surface area contributed by atoms with Crippen molar-refractivity contribution < 1.29 is 13.9 Å². The van der Waals surface area contributed by atoms with Gasteiger partial charge in [0, 0.05) is 0 Å². The minimum absolute atomic E-state index is 0.501. The lowest BCUT2D eigenvalue weighted by Gasteiger charge is -2.20. The lowest BCUT2D eigenvalue weighted by molar-refractivity contribution is -0.114. The van der Waals surface area contributed by atoms with Crippen molar-refractivity contribution in [3.8, 4) is 5.75 Å². The monoisotopic (exact) mass is 221 g/mol. The molecule has 1 heterocycles. The van der Waals surface area contributed by atoms with Crippen molar-refractivity contribution in [3.05, 3.63) is 36.2 Å². The van der Waals surface area contributed by atoms with Crippen molar-refractivity contribution in [2.45, 2.75) is 12.8 Å². The summed E-state index contributed by atoms with van der Waals surface area (Å²) in [6.45, 7) is 3.57. The van der Waals surface area contributed by atoms with E-state index in [-0.39, 0.29) is 0 Å². The Balaban J connectivity index is 2.27. The fraction of sp³-hybridized carbons (Fsp3) is 0.250. The number of carbonyl (C=O) groups excluding carboxylic acids is 1. The smallest absolute Gasteiger partial charge is 0.283 e. The van der Waals surface area contributed by atoms with Gasteiger partial charge in [-0.1, -0.05) is 18.7 Å². The zero-order valence-electron chi connectivity index (χ0n) is 8.75. The van der Waals surface area contributed by atoms with Crippen molar-refractivity contribution in [1.29, 1.82) is 0 Å². The average molecular weight is 221 g/mol. The van der Waals surface area contributed by atoms with Crippen LogP contribution in [0.25, 0.3) is 0 Å². The molecule has 0 bridgehead atoms. The molecule has 0 saturated heterocycles. The molecule has 1 amide bonds. The molecule has 1 aromatic rings. The van der Waals surface area contributed by atoms with Gasteiger partial charge in [0.25, 0.3) is 5.91 Å². The van der Waals surface area contributed by atoms with Gasteiger partial charge in [0.05, 0.1) is 12.3 Å². The van der Waals surface area contributed by atoms with Crippen LogP contribution in [0.15, 0.2) is 30.6 Å². The number of ether oxygens (including phenoxy) is 1. The van der Waals surface area contributed by atoms with Gasteiger partial charge < -0.3 is 10.1 Å². The number of hydrogen-bond donors (Lipinski definition) is 1. The highest BCUT2D eigenvalue weighted by molar-refractivity contribution is 6.02. The maximum Gasteiger partial charge on any atom is 0.283 e. The number of benzene rings is 1. The van der Waals surface area contributed by atoms with Crippen LogP contribution in [0.4, 0.5) is 10.1 Å². The number of nitrogens with one attached hydrogen (secondary N) is 1. The lowest BCUT2D eigenvalue weighted by Crippen LogP contribution is -2.15. The van der Waals surface area contributed by atoms with Crippen LogP contribution in [0.3, 0.4) is 0 Å². The first-order chi connectivity index (χ1) is 7.68. The Bertz CT molecular complexity index is 443. The van der Waals surface area contributed by atoms with Crippen LogP contribution >= 0.6 is 0 Å². The van der Waals surface area contributed by atoms with Crippen molar-refractivity contribution in [1.82, 2.24) is 0 Å². The SMILES string of the molecule is C=C(F)C(=O)Nc1cccc2c1OCCC2. The highest BCUT2D eigenvalue weighted by Crippen LogP contribution is 2.32. The van der Waals surface area contributed by atoms with Crippen LogP contribution in [-0.4, -0.2) is 12.5 Å². The van der Waals surface area contributed by atoms with Crippen molar-refractivity contribution in [2.24, 2.45) is 0 Å². The van der Waals surface area contributed by atoms with Gasteiger partial charge in [0.1, 0.15) is 5.75 Å². The summed E-state index contributed by atoms with van der Waals surface area (Å²) in [5.74, 6) is -1.20. The molecule has 0 aliphatic carbocycles. The lowest BCUT2D eigenvalue weighted by atomic mass is 10.1. The summed E-state index contributed by atoms with van der Waals surface area (Å²) in [7, 11) is 0. The van der Waals surface area contributed by atoms with Crippen molar-refractivity contribution >= 4 is 11.6 Å². The van der Waals surface area contributed by atoms with Crippen LogP contribution in [0, 0.1) is 0 Å². The van der Waals surface area contributed by atoms with Crippen LogP contribution in [0.2, 0.25) is 0 Å². The molecule has 1 aliphatic heterocycles. The van der Waals surface area contributed by atoms with E-state index >= 15 is 0 Å². The summed E-state index contributed by atoms with van der Waals surface area (Å²) in [6, 6.07) is 5.43. The third kappa shape index (κ3) is 2.05. The average Bonchev–Trinajstić information content (AvgIpc) is 2.29. The van der Waals surface area contributed by atoms with E-state index in [1.807, 2.05) is 12.1 Å². The second kappa shape index (κ2) is 4.35. The van der Waals surface area contributed by atoms with E-state index in [4.69, 9.17) is 4.74 Å². The largest absolute Gasteiger partial charge is 0.491 e. The number of amides is 1. The summed E-state index contributed by atoms with van der Waals surface area (Å²) in [4.78, 5) is 11.2. The number of halogens is 1. The van der Waals surface area contributed by atoms with E-state index in [1.165, 1.54) is 0 Å². The Kier molecular flexibility index (Phi) is 2.90. The molecule has 0 spiro atoms. The summed E-state index contributed by atoms with van der Waals surface area (Å²) >= 11 is 0. The quantitative estimate of drug-likeness (QED) is 0.779. The van der Waals surface area contributed by atoms with Crippen LogP contribution in [0.5, 0.6) is 5.75 Å². The minimum atomic E-state index is -1.01. The van der Waals surface area contributed by atoms with E-state index in [2.05, 4.69) is 11.9 Å². The topological polar surface area (TPSA) is 38.3 Å². The van der Waals surface area contributed by atoms with E-state index in [9.17, 15) is 9.18 Å². The van der Waals surface area contributed by atoms with Crippen LogP contribution in [0.1, 0.15) is 12.0 Å². The first-order valence-corrected chi connectivity index (χ1v) is 5.09. The molecule has 0 aromatic heterocycles. The number of fused-ring (bicyclic) bond motifs is 1. The molecule has 4 heteroatoms. The number of carbonyl (C=O) groups is 1. The van der Waals surface area contributed by atoms with E-state index in [1.54, 1.807) is 6.07 Å². The first kappa shape index (κ1) is 10.7. The summed E-state index contributed by atoms with van der Waals surface area (Å²) in [5.41, 5.74) is 1.54. The van der Waals surface area contributed by atoms with Gasteiger partial charge in [-0.15, -0.1) is 0 Å². The Labute approximate surface area is 92.9 Å². The second-order valence-electron chi connectivity index (χ2n) is 3.60. The molecule has 1 N–H and O–H groups in total. The highest BCUT2D eigenvalue weighted by Gasteiger charge is 2.16. The molecule has 84 valence electrons. The van der Waals surface area contributed by atoms with Gasteiger partial charge in [-0.05, 0) is 24.5 Å². The maximum absolute atomic E-state index is 12.6. The fourth-order valence-electron chi connectivity index (χ4n) is 1.68. The Morgan fingerprint density at radius 2 is 2.31 bits per heavy atom. The van der Waals surface area contributed by atoms with Gasteiger partial charge in [-0.25, -0.2) is 4.39 Å². The fourth-order valence-corrected chi connectivity index (χ4v) is 1.68. The number of hydrogen-bond acceptors (Lipinski definition) is 2. The van der Waals surface area contributed by atoms with E-state index in [0.717, 1.165) is 18.4 Å². The number of anilines is 1. The molecule has 0 radical (unpaired) electrons. The number of aryl methyl sites for hydroxylation is 1. The van der Waals surface area contributed by atoms with Gasteiger partial charge in [-0.2, -0.15) is 0 Å². The molecule has 0 unspecified atom stereocenters. The summed E-state index contributed by atoms with van der Waals surface area (Å²) in [5, 5.41) is 2.43. The van der Waals surface area contributed by atoms with Gasteiger partial charge in [-0.3, -0.25) is 4.79 Å². The predicted octanol–water partition coefficient (Wildman–Crippen LogP) is 2.43. The maximum atomic E-state index is 12.6. The first-order valence-electron chi connectivity index (χ1n) is 5.09. The van der Waals surface area contributed by atoms with Gasteiger partial charge in [0.15, 0.2) is 5.83 Å². The third-order valence-corrected chi connectivity index (χ3v) is 2.43. The third-order valence-electron chi connectivity index (χ3n) is 2.43. The van der Waals surface area contributed by atoms with E-state index in [0.29, 0.717) is 18.0 Å². The Morgan fingerprint density at radius 3 is 3.06 bits per heavy atom. The van der Waals surface area contributed by atoms with Crippen molar-refractivity contribution in [2.75, 3.05) is 11.9 Å². The normalized spacial score (nSPS) is 13.6. The molecular formula is C12H12FNO2. The zero-order chi connectivity index (χ0) is 11.5. The van der Waals surface area contributed by atoms with Crippen LogP contribution in [-0.2, 0) is 11.2 Å². The second-order valence-corrected chi connectivity index (χ2v) is 3.60. The van der Waals surface area contributed by atoms with Crippen LogP contribution < -0.4 is 10.1 Å². The van der Waals surface area contributed by atoms with E-state index < -0.39 is 11.7 Å². The summed E-state index contributed by atoms with van der Waals surface area (Å²) < 4.78 is 18.0. The minimum Gasteiger partial charge on any atom is -0.491 e. The van der Waals surface area contributed by atoms with Crippen molar-refractivity contribution in [3.63, 3.8) is 0 Å². The number of rotatable bonds is 2. The molecule has 0 saturated carbocycles. The summed E-state index contributed by atoms with van der Waals surface area (Å²) in [6.07, 6.45) is 1.87. The predicted molar refractivity (Wildman–Crippen MR) is 59.1 cm³/mol. The Hall–Kier alpha value is -1.84. The molecule has 0 atom stereocenters. The highest BCUT2D eigenvalue weighted by atomic mass is 19.1. The standard InChI is InChI=1S/C12H12FNO2/c1-8(13)12(15)14-10-6-2-4-9-5-3-7-16-11(9)10/h2,4,6H,1,3,5,7H2,(H,14,15).